The molecule has 5 heteroatoms. The zero-order valence-corrected chi connectivity index (χ0v) is 17.3. The Labute approximate surface area is 180 Å². The maximum atomic E-state index is 12.4. The average molecular weight is 415 g/mol. The Bertz CT molecular complexity index is 1190. The van der Waals surface area contributed by atoms with Crippen molar-refractivity contribution in [2.75, 3.05) is 13.2 Å². The van der Waals surface area contributed by atoms with Crippen LogP contribution in [0.4, 0.5) is 0 Å². The number of aliphatic hydroxyl groups excluding tert-OH is 1. The highest BCUT2D eigenvalue weighted by Crippen LogP contribution is 2.24. The summed E-state index contributed by atoms with van der Waals surface area (Å²) < 4.78 is 11.2. The van der Waals surface area contributed by atoms with E-state index in [1.54, 1.807) is 6.07 Å². The second-order valence-electron chi connectivity index (χ2n) is 7.52. The number of hydrogen-bond acceptors (Lipinski definition) is 5. The van der Waals surface area contributed by atoms with Gasteiger partial charge < -0.3 is 19.6 Å². The summed E-state index contributed by atoms with van der Waals surface area (Å²) in [6, 6.07) is 26.8. The third-order valence-electron chi connectivity index (χ3n) is 5.19. The molecular weight excluding hydrogens is 390 g/mol. The van der Waals surface area contributed by atoms with Gasteiger partial charge in [0.1, 0.15) is 24.0 Å². The quantitative estimate of drug-likeness (QED) is 0.413. The predicted molar refractivity (Wildman–Crippen MR) is 122 cm³/mol. The Kier molecular flexibility index (Phi) is 6.46. The summed E-state index contributed by atoms with van der Waals surface area (Å²) in [7, 11) is 0. The molecule has 2 atom stereocenters. The van der Waals surface area contributed by atoms with Crippen LogP contribution < -0.4 is 15.7 Å². The topological polar surface area (TPSA) is 71.7 Å². The molecular formula is C26H25NO4. The lowest BCUT2D eigenvalue weighted by Crippen LogP contribution is -2.33. The molecule has 0 spiro atoms. The van der Waals surface area contributed by atoms with E-state index < -0.39 is 11.7 Å². The highest BCUT2D eigenvalue weighted by molar-refractivity contribution is 5.82. The molecule has 0 aliphatic heterocycles. The van der Waals surface area contributed by atoms with Crippen LogP contribution in [0.1, 0.15) is 18.5 Å². The van der Waals surface area contributed by atoms with Gasteiger partial charge in [0.25, 0.3) is 0 Å². The molecule has 1 heterocycles. The molecule has 0 amide bonds. The second kappa shape index (κ2) is 9.60. The van der Waals surface area contributed by atoms with Gasteiger partial charge in [-0.05, 0) is 36.2 Å². The van der Waals surface area contributed by atoms with Crippen molar-refractivity contribution < 1.29 is 14.3 Å². The molecule has 5 nitrogen and oxygen atoms in total. The predicted octanol–water partition coefficient (Wildman–Crippen LogP) is 4.55. The van der Waals surface area contributed by atoms with Crippen molar-refractivity contribution in [3.63, 3.8) is 0 Å². The molecule has 0 fully saturated rings. The third-order valence-corrected chi connectivity index (χ3v) is 5.19. The summed E-state index contributed by atoms with van der Waals surface area (Å²) in [6.07, 6.45) is -0.672. The fraction of sp³-hybridized carbons (Fsp3) is 0.192. The molecule has 0 aliphatic carbocycles. The van der Waals surface area contributed by atoms with Crippen molar-refractivity contribution in [3.05, 3.63) is 101 Å². The van der Waals surface area contributed by atoms with E-state index in [1.807, 2.05) is 78.9 Å². The van der Waals surface area contributed by atoms with Crippen molar-refractivity contribution in [1.82, 2.24) is 5.32 Å². The first-order chi connectivity index (χ1) is 15.1. The Morgan fingerprint density at radius 3 is 2.42 bits per heavy atom. The van der Waals surface area contributed by atoms with Gasteiger partial charge in [-0.2, -0.15) is 0 Å². The fourth-order valence-corrected chi connectivity index (χ4v) is 3.42. The van der Waals surface area contributed by atoms with Crippen molar-refractivity contribution in [2.45, 2.75) is 19.1 Å². The SMILES string of the molecule is CC(NCC(O)COc1ccc2cc(-c3ccccc3)c(=O)oc2c1)c1ccccc1. The maximum Gasteiger partial charge on any atom is 0.344 e. The fourth-order valence-electron chi connectivity index (χ4n) is 3.42. The lowest BCUT2D eigenvalue weighted by Gasteiger charge is -2.18. The molecule has 31 heavy (non-hydrogen) atoms. The summed E-state index contributed by atoms with van der Waals surface area (Å²) in [4.78, 5) is 12.4. The molecule has 158 valence electrons. The number of nitrogens with one attached hydrogen (secondary N) is 1. The lowest BCUT2D eigenvalue weighted by molar-refractivity contribution is 0.104. The maximum absolute atomic E-state index is 12.4. The van der Waals surface area contributed by atoms with Crippen LogP contribution in [0.25, 0.3) is 22.1 Å². The van der Waals surface area contributed by atoms with Crippen LogP contribution >= 0.6 is 0 Å². The van der Waals surface area contributed by atoms with Crippen LogP contribution in [0, 0.1) is 0 Å². The number of hydrogen-bond donors (Lipinski definition) is 2. The highest BCUT2D eigenvalue weighted by Gasteiger charge is 2.11. The smallest absolute Gasteiger partial charge is 0.344 e. The zero-order valence-electron chi connectivity index (χ0n) is 17.3. The van der Waals surface area contributed by atoms with Crippen molar-refractivity contribution in [1.29, 1.82) is 0 Å². The largest absolute Gasteiger partial charge is 0.491 e. The minimum atomic E-state index is -0.672. The Morgan fingerprint density at radius 2 is 1.68 bits per heavy atom. The normalized spacial score (nSPS) is 13.1. The number of fused-ring (bicyclic) bond motifs is 1. The molecule has 0 aliphatic rings. The first-order valence-electron chi connectivity index (χ1n) is 10.3. The number of ether oxygens (including phenoxy) is 1. The Morgan fingerprint density at radius 1 is 0.968 bits per heavy atom. The van der Waals surface area contributed by atoms with Crippen LogP contribution in [-0.4, -0.2) is 24.4 Å². The van der Waals surface area contributed by atoms with E-state index in [0.29, 0.717) is 23.4 Å². The van der Waals surface area contributed by atoms with Gasteiger partial charge in [0.15, 0.2) is 0 Å². The van der Waals surface area contributed by atoms with Gasteiger partial charge in [-0.3, -0.25) is 0 Å². The monoisotopic (exact) mass is 415 g/mol. The van der Waals surface area contributed by atoms with Gasteiger partial charge in [-0.25, -0.2) is 4.79 Å². The van der Waals surface area contributed by atoms with E-state index in [4.69, 9.17) is 9.15 Å². The van der Waals surface area contributed by atoms with Crippen LogP contribution in [0.15, 0.2) is 94.1 Å². The van der Waals surface area contributed by atoms with Gasteiger partial charge in [-0.15, -0.1) is 0 Å². The molecule has 3 aromatic carbocycles. The van der Waals surface area contributed by atoms with Gasteiger partial charge in [-0.1, -0.05) is 60.7 Å². The van der Waals surface area contributed by atoms with Crippen molar-refractivity contribution in [2.24, 2.45) is 0 Å². The van der Waals surface area contributed by atoms with Gasteiger partial charge in [0.05, 0.1) is 5.56 Å². The molecule has 0 bridgehead atoms. The minimum Gasteiger partial charge on any atom is -0.491 e. The first kappa shape index (κ1) is 20.8. The number of rotatable bonds is 8. The molecule has 4 rings (SSSR count). The Balaban J connectivity index is 1.38. The lowest BCUT2D eigenvalue weighted by atomic mass is 10.1. The minimum absolute atomic E-state index is 0.129. The molecule has 1 aromatic heterocycles. The molecule has 0 saturated heterocycles. The van der Waals surface area contributed by atoms with Gasteiger partial charge in [0, 0.05) is 24.0 Å². The van der Waals surface area contributed by atoms with E-state index in [0.717, 1.165) is 16.5 Å². The van der Waals surface area contributed by atoms with E-state index >= 15 is 0 Å². The number of aliphatic hydroxyl groups is 1. The van der Waals surface area contributed by atoms with E-state index in [1.165, 1.54) is 0 Å². The highest BCUT2D eigenvalue weighted by atomic mass is 16.5. The van der Waals surface area contributed by atoms with Crippen LogP contribution in [-0.2, 0) is 0 Å². The van der Waals surface area contributed by atoms with Crippen molar-refractivity contribution >= 4 is 11.0 Å². The third kappa shape index (κ3) is 5.20. The van der Waals surface area contributed by atoms with E-state index in [9.17, 15) is 9.90 Å². The molecule has 4 aromatic rings. The van der Waals surface area contributed by atoms with E-state index in [2.05, 4.69) is 12.2 Å². The van der Waals surface area contributed by atoms with Crippen LogP contribution in [0.5, 0.6) is 5.75 Å². The summed E-state index contributed by atoms with van der Waals surface area (Å²) in [5.41, 5.74) is 2.56. The summed E-state index contributed by atoms with van der Waals surface area (Å²) in [5, 5.41) is 14.4. The zero-order chi connectivity index (χ0) is 21.6. The standard InChI is InChI=1S/C26H25NO4/c1-18(19-8-4-2-5-9-19)27-16-22(28)17-30-23-13-12-21-14-24(20-10-6-3-7-11-20)26(29)31-25(21)15-23/h2-15,18,22,27-28H,16-17H2,1H3. The first-order valence-corrected chi connectivity index (χ1v) is 10.3. The summed E-state index contributed by atoms with van der Waals surface area (Å²) in [5.74, 6) is 0.540. The van der Waals surface area contributed by atoms with Crippen molar-refractivity contribution in [3.8, 4) is 16.9 Å². The van der Waals surface area contributed by atoms with E-state index in [-0.39, 0.29) is 12.6 Å². The number of benzene rings is 3. The summed E-state index contributed by atoms with van der Waals surface area (Å²) in [6.45, 7) is 2.59. The van der Waals surface area contributed by atoms with Crippen LogP contribution in [0.2, 0.25) is 0 Å². The molecule has 2 unspecified atom stereocenters. The van der Waals surface area contributed by atoms with Gasteiger partial charge >= 0.3 is 5.63 Å². The Hall–Kier alpha value is -3.41. The molecule has 0 radical (unpaired) electrons. The second-order valence-corrected chi connectivity index (χ2v) is 7.52. The molecule has 0 saturated carbocycles. The summed E-state index contributed by atoms with van der Waals surface area (Å²) >= 11 is 0. The average Bonchev–Trinajstić information content (AvgIpc) is 2.81. The van der Waals surface area contributed by atoms with Gasteiger partial charge in [0.2, 0.25) is 0 Å². The molecule has 2 N–H and O–H groups in total. The van der Waals surface area contributed by atoms with Crippen LogP contribution in [0.3, 0.4) is 0 Å².